The van der Waals surface area contributed by atoms with Gasteiger partial charge in [0, 0.05) is 23.3 Å². The number of aromatic nitrogens is 3. The summed E-state index contributed by atoms with van der Waals surface area (Å²) in [7, 11) is 0. The van der Waals surface area contributed by atoms with Crippen LogP contribution in [0.15, 0.2) is 45.8 Å². The maximum absolute atomic E-state index is 13.7. The molecule has 0 spiro atoms. The Morgan fingerprint density at radius 3 is 2.94 bits per heavy atom. The normalized spacial score (nSPS) is 22.0. The average molecular weight is 489 g/mol. The second kappa shape index (κ2) is 8.35. The number of nitrogens with one attached hydrogen (secondary N) is 1. The number of rotatable bonds is 5. The third-order valence-corrected chi connectivity index (χ3v) is 6.22. The fourth-order valence-corrected chi connectivity index (χ4v) is 4.14. The van der Waals surface area contributed by atoms with Crippen molar-refractivity contribution in [1.29, 1.82) is 0 Å². The molecule has 3 heterocycles. The number of amides is 1. The molecule has 1 aliphatic heterocycles. The van der Waals surface area contributed by atoms with Crippen LogP contribution >= 0.6 is 15.9 Å². The molecule has 2 aliphatic rings. The SMILES string of the molecule is CC(NC(=O)[C@@H](C)CO)c1nc2c(C3=CC4C=C(F)C=CC4N=C3)cnn2c(N)c1Br. The van der Waals surface area contributed by atoms with Gasteiger partial charge in [-0.05, 0) is 35.0 Å². The Hall–Kier alpha value is -2.85. The Balaban J connectivity index is 1.73. The number of allylic oxidation sites excluding steroid dienone is 3. The number of hydrogen-bond acceptors (Lipinski definition) is 6. The highest BCUT2D eigenvalue weighted by atomic mass is 79.9. The summed E-state index contributed by atoms with van der Waals surface area (Å²) in [6, 6.07) is -0.596. The number of aliphatic hydroxyl groups excluding tert-OH is 1. The lowest BCUT2D eigenvalue weighted by atomic mass is 9.89. The number of aliphatic hydroxyl groups is 1. The van der Waals surface area contributed by atoms with Gasteiger partial charge < -0.3 is 16.2 Å². The quantitative estimate of drug-likeness (QED) is 0.597. The lowest BCUT2D eigenvalue weighted by molar-refractivity contribution is -0.126. The Labute approximate surface area is 186 Å². The first-order chi connectivity index (χ1) is 14.8. The number of nitrogens with zero attached hydrogens (tertiary/aromatic N) is 4. The molecule has 2 aromatic rings. The van der Waals surface area contributed by atoms with Gasteiger partial charge in [0.15, 0.2) is 5.65 Å². The highest BCUT2D eigenvalue weighted by Crippen LogP contribution is 2.33. The summed E-state index contributed by atoms with van der Waals surface area (Å²) in [5.41, 5.74) is 8.78. The van der Waals surface area contributed by atoms with Gasteiger partial charge in [0.1, 0.15) is 11.6 Å². The molecule has 0 bridgehead atoms. The fourth-order valence-electron chi connectivity index (χ4n) is 3.54. The van der Waals surface area contributed by atoms with Crippen LogP contribution in [0.25, 0.3) is 11.2 Å². The fraction of sp³-hybridized carbons (Fsp3) is 0.333. The summed E-state index contributed by atoms with van der Waals surface area (Å²) >= 11 is 3.46. The number of fused-ring (bicyclic) bond motifs is 2. The van der Waals surface area contributed by atoms with E-state index in [1.54, 1.807) is 32.3 Å². The van der Waals surface area contributed by atoms with E-state index in [1.807, 2.05) is 6.08 Å². The van der Waals surface area contributed by atoms with E-state index in [2.05, 4.69) is 31.3 Å². The Morgan fingerprint density at radius 2 is 2.19 bits per heavy atom. The van der Waals surface area contributed by atoms with Gasteiger partial charge in [0.05, 0.1) is 41.0 Å². The molecule has 0 saturated carbocycles. The molecule has 0 radical (unpaired) electrons. The number of dihydropyridines is 1. The summed E-state index contributed by atoms with van der Waals surface area (Å²) in [5, 5.41) is 16.4. The first-order valence-electron chi connectivity index (χ1n) is 9.85. The zero-order valence-corrected chi connectivity index (χ0v) is 18.5. The first-order valence-corrected chi connectivity index (χ1v) is 10.6. The lowest BCUT2D eigenvalue weighted by Crippen LogP contribution is -2.33. The molecule has 4 N–H and O–H groups in total. The standard InChI is InChI=1S/C21H22BrFN6O2/c1-10(9-30)21(31)27-11(2)18-17(22)19(24)29-20(28-18)15(8-26-29)13-5-12-6-14(23)3-4-16(12)25-7-13/h3-8,10-12,16,30H,9,24H2,1-2H3,(H,27,31)/t10-,11?,12?,16?/m0/s1. The van der Waals surface area contributed by atoms with E-state index in [0.29, 0.717) is 27.2 Å². The van der Waals surface area contributed by atoms with Gasteiger partial charge in [0.2, 0.25) is 5.91 Å². The smallest absolute Gasteiger partial charge is 0.225 e. The minimum absolute atomic E-state index is 0.128. The molecule has 0 aromatic carbocycles. The number of nitrogen functional groups attached to an aromatic ring is 1. The van der Waals surface area contributed by atoms with Crippen LogP contribution < -0.4 is 11.1 Å². The number of carbonyl (C=O) groups is 1. The van der Waals surface area contributed by atoms with Crippen LogP contribution in [0.1, 0.15) is 31.1 Å². The second-order valence-electron chi connectivity index (χ2n) is 7.68. The van der Waals surface area contributed by atoms with E-state index in [0.717, 1.165) is 5.57 Å². The summed E-state index contributed by atoms with van der Waals surface area (Å²) in [6.07, 6.45) is 10.0. The number of anilines is 1. The summed E-state index contributed by atoms with van der Waals surface area (Å²) < 4.78 is 15.7. The number of nitrogens with two attached hydrogens (primary N) is 1. The van der Waals surface area contributed by atoms with Crippen LogP contribution in [0, 0.1) is 11.8 Å². The lowest BCUT2D eigenvalue weighted by Gasteiger charge is -2.22. The maximum atomic E-state index is 13.7. The highest BCUT2D eigenvalue weighted by Gasteiger charge is 2.26. The van der Waals surface area contributed by atoms with E-state index in [1.165, 1.54) is 16.7 Å². The Bertz CT molecular complexity index is 1170. The molecule has 4 atom stereocenters. The van der Waals surface area contributed by atoms with Crippen molar-refractivity contribution in [3.8, 4) is 0 Å². The van der Waals surface area contributed by atoms with Crippen LogP contribution in [-0.4, -0.2) is 44.5 Å². The van der Waals surface area contributed by atoms with Gasteiger partial charge >= 0.3 is 0 Å². The summed E-state index contributed by atoms with van der Waals surface area (Å²) in [5.74, 6) is -0.972. The van der Waals surface area contributed by atoms with E-state index in [4.69, 9.17) is 10.7 Å². The topological polar surface area (TPSA) is 118 Å². The molecule has 162 valence electrons. The van der Waals surface area contributed by atoms with Crippen LogP contribution in [-0.2, 0) is 4.79 Å². The predicted octanol–water partition coefficient (Wildman–Crippen LogP) is 2.76. The van der Waals surface area contributed by atoms with Crippen molar-refractivity contribution in [2.24, 2.45) is 16.8 Å². The van der Waals surface area contributed by atoms with Gasteiger partial charge in [-0.2, -0.15) is 9.61 Å². The molecule has 2 aromatic heterocycles. The Kier molecular flexibility index (Phi) is 5.76. The molecule has 8 nitrogen and oxygen atoms in total. The molecular weight excluding hydrogens is 467 g/mol. The minimum atomic E-state index is -0.539. The molecule has 0 fully saturated rings. The molecule has 3 unspecified atom stereocenters. The number of hydrogen-bond donors (Lipinski definition) is 3. The van der Waals surface area contributed by atoms with Gasteiger partial charge in [-0.15, -0.1) is 0 Å². The average Bonchev–Trinajstić information content (AvgIpc) is 3.19. The maximum Gasteiger partial charge on any atom is 0.225 e. The number of halogens is 2. The largest absolute Gasteiger partial charge is 0.396 e. The zero-order chi connectivity index (χ0) is 22.3. The molecule has 10 heteroatoms. The third-order valence-electron chi connectivity index (χ3n) is 5.41. The van der Waals surface area contributed by atoms with Crippen LogP contribution in [0.4, 0.5) is 10.2 Å². The van der Waals surface area contributed by atoms with Gasteiger partial charge in [-0.3, -0.25) is 9.79 Å². The van der Waals surface area contributed by atoms with E-state index in [-0.39, 0.29) is 30.3 Å². The first kappa shape index (κ1) is 21.4. The number of aliphatic imine (C=N–C) groups is 1. The van der Waals surface area contributed by atoms with Crippen molar-refractivity contribution in [2.75, 3.05) is 12.3 Å². The van der Waals surface area contributed by atoms with Gasteiger partial charge in [-0.25, -0.2) is 9.37 Å². The van der Waals surface area contributed by atoms with Crippen molar-refractivity contribution in [2.45, 2.75) is 25.9 Å². The van der Waals surface area contributed by atoms with E-state index < -0.39 is 12.0 Å². The molecule has 31 heavy (non-hydrogen) atoms. The molecular formula is C21H22BrFN6O2. The van der Waals surface area contributed by atoms with Gasteiger partial charge in [-0.1, -0.05) is 19.1 Å². The minimum Gasteiger partial charge on any atom is -0.396 e. The third kappa shape index (κ3) is 3.92. The van der Waals surface area contributed by atoms with E-state index >= 15 is 0 Å². The Morgan fingerprint density at radius 1 is 1.42 bits per heavy atom. The van der Waals surface area contributed by atoms with E-state index in [9.17, 15) is 14.3 Å². The highest BCUT2D eigenvalue weighted by molar-refractivity contribution is 9.10. The van der Waals surface area contributed by atoms with Crippen molar-refractivity contribution in [1.82, 2.24) is 19.9 Å². The molecule has 1 amide bonds. The van der Waals surface area contributed by atoms with Crippen molar-refractivity contribution >= 4 is 45.1 Å². The summed E-state index contributed by atoms with van der Waals surface area (Å²) in [4.78, 5) is 21.4. The monoisotopic (exact) mass is 488 g/mol. The van der Waals surface area contributed by atoms with Crippen LogP contribution in [0.3, 0.4) is 0 Å². The molecule has 0 saturated heterocycles. The number of carbonyl (C=O) groups excluding carboxylic acids is 1. The van der Waals surface area contributed by atoms with Crippen molar-refractivity contribution in [3.05, 3.63) is 52.1 Å². The van der Waals surface area contributed by atoms with Gasteiger partial charge in [0.25, 0.3) is 0 Å². The van der Waals surface area contributed by atoms with Crippen molar-refractivity contribution < 1.29 is 14.3 Å². The molecule has 4 rings (SSSR count). The zero-order valence-electron chi connectivity index (χ0n) is 17.0. The second-order valence-corrected chi connectivity index (χ2v) is 8.48. The van der Waals surface area contributed by atoms with Crippen LogP contribution in [0.5, 0.6) is 0 Å². The summed E-state index contributed by atoms with van der Waals surface area (Å²) in [6.45, 7) is 3.17. The molecule has 1 aliphatic carbocycles. The van der Waals surface area contributed by atoms with Crippen molar-refractivity contribution in [3.63, 3.8) is 0 Å². The van der Waals surface area contributed by atoms with Crippen LogP contribution in [0.2, 0.25) is 0 Å². The predicted molar refractivity (Wildman–Crippen MR) is 120 cm³/mol.